The first-order valence-corrected chi connectivity index (χ1v) is 28.4. The molecule has 1 heterocycles. The lowest BCUT2D eigenvalue weighted by atomic mass is 9.99. The fourth-order valence-electron chi connectivity index (χ4n) is 8.47. The van der Waals surface area contributed by atoms with E-state index in [0.717, 1.165) is 64.2 Å². The number of esters is 1. The Bertz CT molecular complexity index is 1230. The van der Waals surface area contributed by atoms with Crippen LogP contribution in [0.2, 0.25) is 0 Å². The summed E-state index contributed by atoms with van der Waals surface area (Å²) in [5, 5.41) is 40.3. The number of ether oxygens (including phenoxy) is 4. The Labute approximate surface area is 417 Å². The number of carbonyl (C=O) groups excluding carboxylic acids is 1. The highest BCUT2D eigenvalue weighted by Crippen LogP contribution is 2.23. The summed E-state index contributed by atoms with van der Waals surface area (Å²) in [6, 6.07) is 0. The van der Waals surface area contributed by atoms with E-state index in [-0.39, 0.29) is 19.2 Å². The van der Waals surface area contributed by atoms with E-state index in [1.165, 1.54) is 161 Å². The molecule has 1 rings (SSSR count). The molecule has 9 heteroatoms. The fraction of sp³-hybridized carbons (Fsp3) is 0.814. The van der Waals surface area contributed by atoms with Gasteiger partial charge in [-0.05, 0) is 83.5 Å². The number of carbonyl (C=O) groups is 1. The molecule has 6 unspecified atom stereocenters. The van der Waals surface area contributed by atoms with Crippen LogP contribution in [0.25, 0.3) is 0 Å². The summed E-state index contributed by atoms with van der Waals surface area (Å²) in [4.78, 5) is 12.9. The summed E-state index contributed by atoms with van der Waals surface area (Å²) in [5.74, 6) is -0.318. The van der Waals surface area contributed by atoms with Gasteiger partial charge in [0, 0.05) is 13.0 Å². The van der Waals surface area contributed by atoms with Crippen molar-refractivity contribution in [3.8, 4) is 0 Å². The zero-order valence-electron chi connectivity index (χ0n) is 43.9. The van der Waals surface area contributed by atoms with Crippen LogP contribution >= 0.6 is 0 Å². The molecule has 6 atom stereocenters. The summed E-state index contributed by atoms with van der Waals surface area (Å²) in [7, 11) is 0. The molecule has 396 valence electrons. The molecule has 0 bridgehead atoms. The van der Waals surface area contributed by atoms with Gasteiger partial charge in [0.1, 0.15) is 30.5 Å². The average Bonchev–Trinajstić information content (AvgIpc) is 3.34. The summed E-state index contributed by atoms with van der Waals surface area (Å²) in [5.41, 5.74) is 0. The van der Waals surface area contributed by atoms with Gasteiger partial charge in [0.05, 0.1) is 19.8 Å². The van der Waals surface area contributed by atoms with E-state index >= 15 is 0 Å². The number of rotatable bonds is 49. The van der Waals surface area contributed by atoms with Gasteiger partial charge in [-0.15, -0.1) is 0 Å². The van der Waals surface area contributed by atoms with Crippen LogP contribution in [0.1, 0.15) is 245 Å². The summed E-state index contributed by atoms with van der Waals surface area (Å²) in [6.45, 7) is 4.54. The van der Waals surface area contributed by atoms with Gasteiger partial charge in [0.15, 0.2) is 6.29 Å². The van der Waals surface area contributed by atoms with Crippen LogP contribution in [-0.2, 0) is 23.7 Å². The average molecular weight is 959 g/mol. The first kappa shape index (κ1) is 63.9. The molecule has 0 aromatic rings. The van der Waals surface area contributed by atoms with Crippen molar-refractivity contribution in [2.24, 2.45) is 0 Å². The lowest BCUT2D eigenvalue weighted by molar-refractivity contribution is -0.305. The molecule has 1 aliphatic heterocycles. The SMILES string of the molecule is CCCCCCC/C=C\C/C=C\C/C=C\CCCCCCCCCOCC(COC1OC(CO)C(O)C(O)C1O)OC(=O)CCCCCCCCCCCCC/C=C\C/C=C\CCCCCCC. The topological polar surface area (TPSA) is 135 Å². The number of hydrogen-bond acceptors (Lipinski definition) is 9. The molecule has 4 N–H and O–H groups in total. The van der Waals surface area contributed by atoms with E-state index < -0.39 is 43.4 Å². The molecule has 0 saturated carbocycles. The van der Waals surface area contributed by atoms with Gasteiger partial charge in [-0.2, -0.15) is 0 Å². The highest BCUT2D eigenvalue weighted by atomic mass is 16.7. The quantitative estimate of drug-likeness (QED) is 0.0267. The molecule has 0 aromatic heterocycles. The largest absolute Gasteiger partial charge is 0.457 e. The molecule has 9 nitrogen and oxygen atoms in total. The standard InChI is InChI=1S/C59H106O9/c1-3-5-7-9-11-13-15-17-19-21-23-25-27-28-30-32-34-36-38-40-42-44-46-48-55(61)67-53(52-66-59-58(64)57(63)56(62)54(50-60)68-59)51-65-49-47-45-43-41-39-37-35-33-31-29-26-24-22-20-18-16-14-12-10-8-6-4-2/h15-18,21-24,29,31,53-54,56-60,62-64H,3-14,19-20,25-28,30,32-52H2,1-2H3/b17-15-,18-16-,23-21-,24-22-,31-29-. The van der Waals surface area contributed by atoms with E-state index in [1.54, 1.807) is 0 Å². The van der Waals surface area contributed by atoms with Crippen molar-refractivity contribution in [3.63, 3.8) is 0 Å². The molecular weight excluding hydrogens is 853 g/mol. The highest BCUT2D eigenvalue weighted by molar-refractivity contribution is 5.69. The van der Waals surface area contributed by atoms with Crippen LogP contribution in [0, 0.1) is 0 Å². The minimum Gasteiger partial charge on any atom is -0.457 e. The minimum absolute atomic E-state index is 0.120. The van der Waals surface area contributed by atoms with E-state index in [2.05, 4.69) is 74.6 Å². The molecule has 1 aliphatic rings. The number of hydrogen-bond donors (Lipinski definition) is 4. The Morgan fingerprint density at radius 1 is 0.471 bits per heavy atom. The minimum atomic E-state index is -1.54. The Kier molecular flexibility index (Phi) is 46.9. The Morgan fingerprint density at radius 3 is 1.28 bits per heavy atom. The Morgan fingerprint density at radius 2 is 0.853 bits per heavy atom. The summed E-state index contributed by atoms with van der Waals surface area (Å²) >= 11 is 0. The van der Waals surface area contributed by atoms with Gasteiger partial charge in [-0.1, -0.05) is 216 Å². The zero-order chi connectivity index (χ0) is 49.2. The maximum atomic E-state index is 12.9. The third kappa shape index (κ3) is 39.6. The third-order valence-corrected chi connectivity index (χ3v) is 12.9. The van der Waals surface area contributed by atoms with E-state index in [0.29, 0.717) is 13.0 Å². The first-order valence-electron chi connectivity index (χ1n) is 28.4. The van der Waals surface area contributed by atoms with Gasteiger partial charge in [-0.3, -0.25) is 4.79 Å². The van der Waals surface area contributed by atoms with E-state index in [1.807, 2.05) is 0 Å². The fourth-order valence-corrected chi connectivity index (χ4v) is 8.47. The van der Waals surface area contributed by atoms with Gasteiger partial charge in [-0.25, -0.2) is 0 Å². The summed E-state index contributed by atoms with van der Waals surface area (Å²) in [6.07, 6.45) is 58.3. The molecule has 0 aromatic carbocycles. The monoisotopic (exact) mass is 959 g/mol. The second-order valence-electron chi connectivity index (χ2n) is 19.4. The summed E-state index contributed by atoms with van der Waals surface area (Å²) < 4.78 is 23.0. The maximum absolute atomic E-state index is 12.9. The molecule has 0 radical (unpaired) electrons. The lowest BCUT2D eigenvalue weighted by Gasteiger charge is -2.39. The van der Waals surface area contributed by atoms with Crippen LogP contribution in [0.4, 0.5) is 0 Å². The maximum Gasteiger partial charge on any atom is 0.306 e. The van der Waals surface area contributed by atoms with Crippen molar-refractivity contribution < 1.29 is 44.2 Å². The zero-order valence-corrected chi connectivity index (χ0v) is 43.9. The van der Waals surface area contributed by atoms with E-state index in [4.69, 9.17) is 18.9 Å². The first-order chi connectivity index (χ1) is 33.4. The van der Waals surface area contributed by atoms with Gasteiger partial charge < -0.3 is 39.4 Å². The number of allylic oxidation sites excluding steroid dienone is 10. The number of unbranched alkanes of at least 4 members (excludes halogenated alkanes) is 28. The second-order valence-corrected chi connectivity index (χ2v) is 19.4. The highest BCUT2D eigenvalue weighted by Gasteiger charge is 2.44. The third-order valence-electron chi connectivity index (χ3n) is 12.9. The Hall–Kier alpha value is -2.11. The molecule has 1 fully saturated rings. The number of aliphatic hydroxyl groups excluding tert-OH is 4. The molecule has 1 saturated heterocycles. The molecule has 68 heavy (non-hydrogen) atoms. The predicted molar refractivity (Wildman–Crippen MR) is 284 cm³/mol. The molecule has 0 aliphatic carbocycles. The van der Waals surface area contributed by atoms with Crippen molar-refractivity contribution in [2.45, 2.75) is 282 Å². The van der Waals surface area contributed by atoms with Crippen molar-refractivity contribution in [2.75, 3.05) is 26.4 Å². The van der Waals surface area contributed by atoms with Crippen molar-refractivity contribution in [3.05, 3.63) is 60.8 Å². The van der Waals surface area contributed by atoms with Crippen LogP contribution < -0.4 is 0 Å². The van der Waals surface area contributed by atoms with Gasteiger partial charge in [0.25, 0.3) is 0 Å². The van der Waals surface area contributed by atoms with Gasteiger partial charge in [0.2, 0.25) is 0 Å². The van der Waals surface area contributed by atoms with Crippen molar-refractivity contribution in [1.29, 1.82) is 0 Å². The van der Waals surface area contributed by atoms with Crippen molar-refractivity contribution in [1.82, 2.24) is 0 Å². The van der Waals surface area contributed by atoms with Crippen LogP contribution in [0.5, 0.6) is 0 Å². The Balaban J connectivity index is 2.18. The predicted octanol–water partition coefficient (Wildman–Crippen LogP) is 14.6. The van der Waals surface area contributed by atoms with Crippen LogP contribution in [0.3, 0.4) is 0 Å². The van der Waals surface area contributed by atoms with Crippen LogP contribution in [0.15, 0.2) is 60.8 Å². The van der Waals surface area contributed by atoms with Crippen LogP contribution in [-0.4, -0.2) is 89.6 Å². The number of aliphatic hydroxyl groups is 4. The lowest BCUT2D eigenvalue weighted by Crippen LogP contribution is -2.59. The molecular formula is C59H106O9. The van der Waals surface area contributed by atoms with E-state index in [9.17, 15) is 25.2 Å². The molecule has 0 spiro atoms. The normalized spacial score (nSPS) is 19.5. The second kappa shape index (κ2) is 49.9. The smallest absolute Gasteiger partial charge is 0.306 e. The van der Waals surface area contributed by atoms with Crippen molar-refractivity contribution >= 4 is 5.97 Å². The van der Waals surface area contributed by atoms with Gasteiger partial charge >= 0.3 is 5.97 Å². The molecule has 0 amide bonds.